The van der Waals surface area contributed by atoms with Crippen LogP contribution in [0, 0.1) is 5.92 Å². The molecule has 4 heteroatoms. The molecule has 0 amide bonds. The summed E-state index contributed by atoms with van der Waals surface area (Å²) in [5.41, 5.74) is 7.12. The zero-order chi connectivity index (χ0) is 14.5. The average molecular weight is 275 g/mol. The fourth-order valence-electron chi connectivity index (χ4n) is 1.89. The van der Waals surface area contributed by atoms with Crippen LogP contribution in [0.1, 0.15) is 32.3 Å². The molecule has 0 spiro atoms. The molecule has 1 saturated carbocycles. The third kappa shape index (κ3) is 4.44. The van der Waals surface area contributed by atoms with Crippen molar-refractivity contribution in [2.24, 2.45) is 16.6 Å². The Balaban J connectivity index is 1.85. The third-order valence-electron chi connectivity index (χ3n) is 3.39. The van der Waals surface area contributed by atoms with Gasteiger partial charge in [0, 0.05) is 13.1 Å². The topological polar surface area (TPSA) is 50.9 Å². The Kier molecular flexibility index (Phi) is 4.88. The molecule has 1 aliphatic carbocycles. The van der Waals surface area contributed by atoms with E-state index in [1.165, 1.54) is 12.8 Å². The molecule has 1 aromatic rings. The molecule has 0 unspecified atom stereocenters. The van der Waals surface area contributed by atoms with Crippen molar-refractivity contribution >= 4 is 5.96 Å². The molecule has 1 fully saturated rings. The molecule has 2 N–H and O–H groups in total. The highest BCUT2D eigenvalue weighted by Crippen LogP contribution is 2.25. The van der Waals surface area contributed by atoms with Crippen molar-refractivity contribution in [3.05, 3.63) is 29.8 Å². The molecule has 4 nitrogen and oxygen atoms in total. The Morgan fingerprint density at radius 2 is 2.00 bits per heavy atom. The Labute approximate surface area is 121 Å². The molecule has 0 radical (unpaired) electrons. The van der Waals surface area contributed by atoms with Crippen LogP contribution in [0.4, 0.5) is 0 Å². The molecular weight excluding hydrogens is 250 g/mol. The van der Waals surface area contributed by atoms with E-state index >= 15 is 0 Å². The van der Waals surface area contributed by atoms with Gasteiger partial charge in [-0.15, -0.1) is 0 Å². The van der Waals surface area contributed by atoms with Gasteiger partial charge in [-0.1, -0.05) is 26.0 Å². The first-order valence-corrected chi connectivity index (χ1v) is 7.30. The van der Waals surface area contributed by atoms with Gasteiger partial charge in [-0.05, 0) is 36.5 Å². The van der Waals surface area contributed by atoms with E-state index in [0.29, 0.717) is 24.5 Å². The second-order valence-corrected chi connectivity index (χ2v) is 5.87. The first kappa shape index (κ1) is 14.7. The minimum Gasteiger partial charge on any atom is -0.493 e. The monoisotopic (exact) mass is 275 g/mol. The highest BCUT2D eigenvalue weighted by molar-refractivity contribution is 5.78. The van der Waals surface area contributed by atoms with Crippen molar-refractivity contribution in [1.29, 1.82) is 0 Å². The maximum absolute atomic E-state index is 5.97. The van der Waals surface area contributed by atoms with Crippen molar-refractivity contribution < 1.29 is 4.74 Å². The minimum absolute atomic E-state index is 0.539. The predicted molar refractivity (Wildman–Crippen MR) is 82.9 cm³/mol. The maximum atomic E-state index is 5.97. The molecule has 0 aromatic heterocycles. The van der Waals surface area contributed by atoms with Crippen molar-refractivity contribution in [2.45, 2.75) is 39.3 Å². The van der Waals surface area contributed by atoms with Crippen molar-refractivity contribution in [1.82, 2.24) is 4.90 Å². The zero-order valence-corrected chi connectivity index (χ0v) is 12.7. The number of benzene rings is 1. The van der Waals surface area contributed by atoms with Gasteiger partial charge < -0.3 is 15.4 Å². The second kappa shape index (κ2) is 6.64. The van der Waals surface area contributed by atoms with E-state index in [-0.39, 0.29) is 0 Å². The van der Waals surface area contributed by atoms with E-state index in [4.69, 9.17) is 10.5 Å². The molecule has 0 bridgehead atoms. The van der Waals surface area contributed by atoms with Crippen molar-refractivity contribution in [2.75, 3.05) is 13.7 Å². The SMILES string of the molecule is CC(C)COc1ccc(CN=C(N)N(C)C2CC2)cc1. The van der Waals surface area contributed by atoms with Crippen LogP contribution in [0.2, 0.25) is 0 Å². The molecule has 1 aliphatic rings. The van der Waals surface area contributed by atoms with Crippen LogP contribution in [0.5, 0.6) is 5.75 Å². The molecule has 0 heterocycles. The summed E-state index contributed by atoms with van der Waals surface area (Å²) in [6.45, 7) is 5.65. The smallest absolute Gasteiger partial charge is 0.191 e. The van der Waals surface area contributed by atoms with Crippen LogP contribution in [0.3, 0.4) is 0 Å². The zero-order valence-electron chi connectivity index (χ0n) is 12.7. The van der Waals surface area contributed by atoms with Gasteiger partial charge in [0.25, 0.3) is 0 Å². The fourth-order valence-corrected chi connectivity index (χ4v) is 1.89. The van der Waals surface area contributed by atoms with E-state index < -0.39 is 0 Å². The number of nitrogens with two attached hydrogens (primary N) is 1. The van der Waals surface area contributed by atoms with Gasteiger partial charge in [-0.2, -0.15) is 0 Å². The van der Waals surface area contributed by atoms with Crippen LogP contribution in [0.25, 0.3) is 0 Å². The lowest BCUT2D eigenvalue weighted by molar-refractivity contribution is 0.271. The lowest BCUT2D eigenvalue weighted by Gasteiger charge is -2.16. The summed E-state index contributed by atoms with van der Waals surface area (Å²) in [5, 5.41) is 0. The number of ether oxygens (including phenoxy) is 1. The molecular formula is C16H25N3O. The van der Waals surface area contributed by atoms with Crippen LogP contribution >= 0.6 is 0 Å². The Hall–Kier alpha value is -1.71. The van der Waals surface area contributed by atoms with E-state index in [1.54, 1.807) is 0 Å². The second-order valence-electron chi connectivity index (χ2n) is 5.87. The van der Waals surface area contributed by atoms with E-state index in [0.717, 1.165) is 17.9 Å². The van der Waals surface area contributed by atoms with Crippen LogP contribution < -0.4 is 10.5 Å². The van der Waals surface area contributed by atoms with Gasteiger partial charge in [0.05, 0.1) is 13.2 Å². The van der Waals surface area contributed by atoms with Crippen LogP contribution in [-0.4, -0.2) is 30.6 Å². The first-order chi connectivity index (χ1) is 9.56. The van der Waals surface area contributed by atoms with Gasteiger partial charge in [-0.25, -0.2) is 4.99 Å². The van der Waals surface area contributed by atoms with Crippen LogP contribution in [0.15, 0.2) is 29.3 Å². The molecule has 2 rings (SSSR count). The third-order valence-corrected chi connectivity index (χ3v) is 3.39. The quantitative estimate of drug-likeness (QED) is 0.641. The average Bonchev–Trinajstić information content (AvgIpc) is 3.27. The fraction of sp³-hybridized carbons (Fsp3) is 0.562. The van der Waals surface area contributed by atoms with Gasteiger partial charge in [0.15, 0.2) is 5.96 Å². The van der Waals surface area contributed by atoms with E-state index in [9.17, 15) is 0 Å². The van der Waals surface area contributed by atoms with E-state index in [1.807, 2.05) is 31.3 Å². The highest BCUT2D eigenvalue weighted by Gasteiger charge is 2.27. The van der Waals surface area contributed by atoms with Crippen molar-refractivity contribution in [3.63, 3.8) is 0 Å². The molecule has 0 aliphatic heterocycles. The summed E-state index contributed by atoms with van der Waals surface area (Å²) in [6.07, 6.45) is 2.46. The minimum atomic E-state index is 0.539. The molecule has 0 atom stereocenters. The Morgan fingerprint density at radius 3 is 2.55 bits per heavy atom. The number of hydrogen-bond donors (Lipinski definition) is 1. The molecule has 20 heavy (non-hydrogen) atoms. The summed E-state index contributed by atoms with van der Waals surface area (Å²) >= 11 is 0. The summed E-state index contributed by atoms with van der Waals surface area (Å²) in [5.74, 6) is 2.08. The molecule has 110 valence electrons. The lowest BCUT2D eigenvalue weighted by Crippen LogP contribution is -2.35. The standard InChI is InChI=1S/C16H25N3O/c1-12(2)11-20-15-8-4-13(5-9-15)10-18-16(17)19(3)14-6-7-14/h4-5,8-9,12,14H,6-7,10-11H2,1-3H3,(H2,17,18). The van der Waals surface area contributed by atoms with Gasteiger partial charge >= 0.3 is 0 Å². The molecule has 1 aromatic carbocycles. The maximum Gasteiger partial charge on any atom is 0.191 e. The van der Waals surface area contributed by atoms with Gasteiger partial charge in [0.2, 0.25) is 0 Å². The summed E-state index contributed by atoms with van der Waals surface area (Å²) < 4.78 is 5.66. The first-order valence-electron chi connectivity index (χ1n) is 7.30. The van der Waals surface area contributed by atoms with Gasteiger partial charge in [0.1, 0.15) is 5.75 Å². The highest BCUT2D eigenvalue weighted by atomic mass is 16.5. The predicted octanol–water partition coefficient (Wildman–Crippen LogP) is 2.63. The Bertz CT molecular complexity index is 449. The summed E-state index contributed by atoms with van der Waals surface area (Å²) in [6, 6.07) is 8.68. The lowest BCUT2D eigenvalue weighted by atomic mass is 10.2. The Morgan fingerprint density at radius 1 is 1.35 bits per heavy atom. The summed E-state index contributed by atoms with van der Waals surface area (Å²) in [7, 11) is 2.01. The number of nitrogens with zero attached hydrogens (tertiary/aromatic N) is 2. The molecule has 0 saturated heterocycles. The largest absolute Gasteiger partial charge is 0.493 e. The number of hydrogen-bond acceptors (Lipinski definition) is 2. The van der Waals surface area contributed by atoms with Gasteiger partial charge in [-0.3, -0.25) is 0 Å². The number of aliphatic imine (C=N–C) groups is 1. The van der Waals surface area contributed by atoms with Crippen LogP contribution in [-0.2, 0) is 6.54 Å². The number of guanidine groups is 1. The summed E-state index contributed by atoms with van der Waals surface area (Å²) in [4.78, 5) is 6.51. The number of rotatable bonds is 6. The normalized spacial score (nSPS) is 15.5. The van der Waals surface area contributed by atoms with Crippen molar-refractivity contribution in [3.8, 4) is 5.75 Å². The van der Waals surface area contributed by atoms with E-state index in [2.05, 4.69) is 23.7 Å².